The summed E-state index contributed by atoms with van der Waals surface area (Å²) in [5.74, 6) is 0. The zero-order valence-corrected chi connectivity index (χ0v) is 24.6. The van der Waals surface area contributed by atoms with Gasteiger partial charge in [-0.3, -0.25) is 4.90 Å². The minimum absolute atomic E-state index is 0.390. The average Bonchev–Trinajstić information content (AvgIpc) is 3.13. The van der Waals surface area contributed by atoms with Crippen molar-refractivity contribution in [2.24, 2.45) is 0 Å². The van der Waals surface area contributed by atoms with Crippen LogP contribution in [0.2, 0.25) is 5.02 Å². The van der Waals surface area contributed by atoms with Crippen LogP contribution in [0.25, 0.3) is 0 Å². The first-order chi connectivity index (χ1) is 19.2. The van der Waals surface area contributed by atoms with Crippen LogP contribution >= 0.6 is 35.1 Å². The third-order valence-electron chi connectivity index (χ3n) is 7.83. The SMILES string of the molecule is Clc1ccc2c(c1)CC(SC(CCN1CCN(Cc3ccccc3)CC1)c1ccccc1)c1ccccc1S2. The van der Waals surface area contributed by atoms with Crippen molar-refractivity contribution in [1.82, 2.24) is 9.80 Å². The first kappa shape index (κ1) is 27.0. The summed E-state index contributed by atoms with van der Waals surface area (Å²) in [6, 6.07) is 37.4. The normalized spacial score (nSPS) is 18.6. The van der Waals surface area contributed by atoms with E-state index in [0.717, 1.165) is 57.1 Å². The van der Waals surface area contributed by atoms with Gasteiger partial charge in [0, 0.05) is 58.0 Å². The van der Waals surface area contributed by atoms with Crippen molar-refractivity contribution in [1.29, 1.82) is 0 Å². The fourth-order valence-corrected chi connectivity index (χ4v) is 8.66. The molecule has 2 atom stereocenters. The number of halogens is 1. The second-order valence-corrected chi connectivity index (χ2v) is 13.4. The minimum Gasteiger partial charge on any atom is -0.301 e. The first-order valence-corrected chi connectivity index (χ1v) is 16.1. The molecule has 0 aliphatic carbocycles. The van der Waals surface area contributed by atoms with Gasteiger partial charge >= 0.3 is 0 Å². The molecule has 4 aromatic rings. The molecule has 2 unspecified atom stereocenters. The average molecular weight is 571 g/mol. The number of thioether (sulfide) groups is 1. The summed E-state index contributed by atoms with van der Waals surface area (Å²) < 4.78 is 0. The van der Waals surface area contributed by atoms with Crippen molar-refractivity contribution in [3.8, 4) is 0 Å². The van der Waals surface area contributed by atoms with E-state index < -0.39 is 0 Å². The standard InChI is InChI=1S/C34H35ClN2S2/c35-29-15-16-31-28(23-29)24-34(30-13-7-8-14-33(30)38-31)39-32(27-11-5-2-6-12-27)17-18-36-19-21-37(22-20-36)25-26-9-3-1-4-10-26/h1-16,23,32,34H,17-22,24-25H2. The van der Waals surface area contributed by atoms with Gasteiger partial charge in [0.1, 0.15) is 0 Å². The van der Waals surface area contributed by atoms with Gasteiger partial charge < -0.3 is 4.90 Å². The Labute approximate surface area is 246 Å². The van der Waals surface area contributed by atoms with E-state index in [2.05, 4.69) is 119 Å². The van der Waals surface area contributed by atoms with Gasteiger partial charge in [0.05, 0.1) is 0 Å². The lowest BCUT2D eigenvalue weighted by Gasteiger charge is -2.35. The monoisotopic (exact) mass is 570 g/mol. The molecule has 2 nitrogen and oxygen atoms in total. The predicted molar refractivity (Wildman–Crippen MR) is 168 cm³/mol. The number of benzene rings is 4. The summed E-state index contributed by atoms with van der Waals surface area (Å²) in [6.07, 6.45) is 2.16. The molecule has 0 radical (unpaired) electrons. The topological polar surface area (TPSA) is 6.48 Å². The first-order valence-electron chi connectivity index (χ1n) is 14.0. The third-order valence-corrected chi connectivity index (χ3v) is 10.9. The van der Waals surface area contributed by atoms with Crippen LogP contribution < -0.4 is 0 Å². The highest BCUT2D eigenvalue weighted by Gasteiger charge is 2.27. The van der Waals surface area contributed by atoms with Crippen LogP contribution in [0, 0.1) is 0 Å². The van der Waals surface area contributed by atoms with Crippen LogP contribution in [0.5, 0.6) is 0 Å². The Hall–Kier alpha value is -2.21. The van der Waals surface area contributed by atoms with E-state index in [-0.39, 0.29) is 0 Å². The molecule has 2 heterocycles. The molecule has 6 rings (SSSR count). The maximum Gasteiger partial charge on any atom is 0.0409 e. The molecule has 200 valence electrons. The van der Waals surface area contributed by atoms with Gasteiger partial charge in [-0.05, 0) is 65.9 Å². The Morgan fingerprint density at radius 1 is 0.769 bits per heavy atom. The highest BCUT2D eigenvalue weighted by atomic mass is 35.5. The van der Waals surface area contributed by atoms with E-state index in [9.17, 15) is 0 Å². The molecule has 1 fully saturated rings. The Morgan fingerprint density at radius 2 is 1.46 bits per heavy atom. The van der Waals surface area contributed by atoms with Crippen LogP contribution in [-0.4, -0.2) is 42.5 Å². The van der Waals surface area contributed by atoms with Crippen molar-refractivity contribution in [3.63, 3.8) is 0 Å². The van der Waals surface area contributed by atoms with Crippen molar-refractivity contribution in [3.05, 3.63) is 130 Å². The Morgan fingerprint density at radius 3 is 2.26 bits per heavy atom. The van der Waals surface area contributed by atoms with Crippen molar-refractivity contribution >= 4 is 35.1 Å². The molecule has 0 spiro atoms. The van der Waals surface area contributed by atoms with E-state index >= 15 is 0 Å². The highest BCUT2D eigenvalue weighted by Crippen LogP contribution is 2.50. The number of rotatable bonds is 8. The van der Waals surface area contributed by atoms with Crippen LogP contribution in [0.1, 0.15) is 39.2 Å². The van der Waals surface area contributed by atoms with Crippen LogP contribution in [0.3, 0.4) is 0 Å². The smallest absolute Gasteiger partial charge is 0.0409 e. The van der Waals surface area contributed by atoms with Crippen LogP contribution in [0.4, 0.5) is 0 Å². The maximum atomic E-state index is 6.46. The van der Waals surface area contributed by atoms with Crippen molar-refractivity contribution in [2.45, 2.75) is 39.7 Å². The van der Waals surface area contributed by atoms with E-state index in [0.29, 0.717) is 10.5 Å². The molecule has 39 heavy (non-hydrogen) atoms. The van der Waals surface area contributed by atoms with Crippen molar-refractivity contribution < 1.29 is 0 Å². The number of fused-ring (bicyclic) bond motifs is 2. The fourth-order valence-electron chi connectivity index (χ4n) is 5.69. The molecule has 0 saturated carbocycles. The molecular formula is C34H35ClN2S2. The molecule has 0 N–H and O–H groups in total. The number of hydrogen-bond donors (Lipinski definition) is 0. The summed E-state index contributed by atoms with van der Waals surface area (Å²) in [6.45, 7) is 6.77. The summed E-state index contributed by atoms with van der Waals surface area (Å²) in [5.41, 5.74) is 5.67. The summed E-state index contributed by atoms with van der Waals surface area (Å²) in [7, 11) is 0. The highest BCUT2D eigenvalue weighted by molar-refractivity contribution is 8.00. The van der Waals surface area contributed by atoms with E-state index in [1.54, 1.807) is 0 Å². The number of nitrogens with zero attached hydrogens (tertiary/aromatic N) is 2. The van der Waals surface area contributed by atoms with Gasteiger partial charge in [-0.15, -0.1) is 11.8 Å². The second kappa shape index (κ2) is 13.0. The van der Waals surface area contributed by atoms with Gasteiger partial charge in [0.2, 0.25) is 0 Å². The molecule has 0 aromatic heterocycles. The molecule has 0 bridgehead atoms. The summed E-state index contributed by atoms with van der Waals surface area (Å²) in [5, 5.41) is 1.66. The molecule has 4 aromatic carbocycles. The van der Waals surface area contributed by atoms with Crippen molar-refractivity contribution in [2.75, 3.05) is 32.7 Å². The fraction of sp³-hybridized carbons (Fsp3) is 0.294. The lowest BCUT2D eigenvalue weighted by Crippen LogP contribution is -2.46. The van der Waals surface area contributed by atoms with Gasteiger partial charge in [-0.25, -0.2) is 0 Å². The molecule has 5 heteroatoms. The summed E-state index contributed by atoms with van der Waals surface area (Å²) >= 11 is 10.5. The predicted octanol–water partition coefficient (Wildman–Crippen LogP) is 8.77. The zero-order valence-electron chi connectivity index (χ0n) is 22.2. The van der Waals surface area contributed by atoms with Gasteiger partial charge in [0.25, 0.3) is 0 Å². The third kappa shape index (κ3) is 6.93. The Balaban J connectivity index is 1.16. The molecule has 2 aliphatic heterocycles. The van der Waals surface area contributed by atoms with Gasteiger partial charge in [-0.2, -0.15) is 0 Å². The van der Waals surface area contributed by atoms with Crippen LogP contribution in [-0.2, 0) is 13.0 Å². The molecular weight excluding hydrogens is 536 g/mol. The van der Waals surface area contributed by atoms with Gasteiger partial charge in [0.15, 0.2) is 0 Å². The number of piperazine rings is 1. The Bertz CT molecular complexity index is 1360. The minimum atomic E-state index is 0.390. The zero-order chi connectivity index (χ0) is 26.4. The Kier molecular flexibility index (Phi) is 8.97. The lowest BCUT2D eigenvalue weighted by molar-refractivity contribution is 0.126. The van der Waals surface area contributed by atoms with E-state index in [4.69, 9.17) is 11.6 Å². The van der Waals surface area contributed by atoms with E-state index in [1.807, 2.05) is 17.8 Å². The second-order valence-electron chi connectivity index (χ2n) is 10.5. The van der Waals surface area contributed by atoms with Crippen LogP contribution in [0.15, 0.2) is 113 Å². The molecule has 2 aliphatic rings. The lowest BCUT2D eigenvalue weighted by atomic mass is 10.0. The largest absolute Gasteiger partial charge is 0.301 e. The maximum absolute atomic E-state index is 6.46. The quantitative estimate of drug-likeness (QED) is 0.209. The molecule has 1 saturated heterocycles. The van der Waals surface area contributed by atoms with Gasteiger partial charge in [-0.1, -0.05) is 102 Å². The van der Waals surface area contributed by atoms with E-state index in [1.165, 1.54) is 32.0 Å². The number of hydrogen-bond acceptors (Lipinski definition) is 4. The molecule has 0 amide bonds. The summed E-state index contributed by atoms with van der Waals surface area (Å²) in [4.78, 5) is 7.97.